The van der Waals surface area contributed by atoms with Crippen molar-refractivity contribution in [1.29, 1.82) is 0 Å². The molecule has 2 heterocycles. The minimum absolute atomic E-state index is 0.470. The summed E-state index contributed by atoms with van der Waals surface area (Å²) in [6.45, 7) is 4.22. The minimum atomic E-state index is -0.718. The van der Waals surface area contributed by atoms with E-state index in [2.05, 4.69) is 15.4 Å². The minimum Gasteiger partial charge on any atom is -0.481 e. The monoisotopic (exact) mass is 238 g/mol. The van der Waals surface area contributed by atoms with Gasteiger partial charge in [-0.25, -0.2) is 4.98 Å². The van der Waals surface area contributed by atoms with E-state index < -0.39 is 11.4 Å². The molecule has 1 saturated heterocycles. The molecular formula is C11H18N4O2. The summed E-state index contributed by atoms with van der Waals surface area (Å²) in [6, 6.07) is 0. The second-order valence-corrected chi connectivity index (χ2v) is 4.50. The summed E-state index contributed by atoms with van der Waals surface area (Å²) in [7, 11) is 0. The largest absolute Gasteiger partial charge is 0.481 e. The van der Waals surface area contributed by atoms with Crippen molar-refractivity contribution in [2.24, 2.45) is 5.41 Å². The summed E-state index contributed by atoms with van der Waals surface area (Å²) >= 11 is 0. The van der Waals surface area contributed by atoms with Gasteiger partial charge in [0.25, 0.3) is 0 Å². The first-order valence-corrected chi connectivity index (χ1v) is 5.99. The van der Waals surface area contributed by atoms with E-state index in [-0.39, 0.29) is 0 Å². The number of aliphatic carboxylic acids is 1. The average molecular weight is 238 g/mol. The molecule has 0 radical (unpaired) electrons. The SMILES string of the molecule is CCn1ncnc1CC1(C(=O)O)CCNCC1. The summed E-state index contributed by atoms with van der Waals surface area (Å²) in [4.78, 5) is 15.7. The van der Waals surface area contributed by atoms with Gasteiger partial charge in [-0.15, -0.1) is 0 Å². The Kier molecular flexibility index (Phi) is 3.42. The number of carboxylic acids is 1. The summed E-state index contributed by atoms with van der Waals surface area (Å²) in [5.41, 5.74) is -0.675. The molecule has 0 aliphatic carbocycles. The normalized spacial score (nSPS) is 19.1. The zero-order chi connectivity index (χ0) is 12.3. The molecule has 1 aromatic heterocycles. The quantitative estimate of drug-likeness (QED) is 0.788. The molecule has 2 N–H and O–H groups in total. The fraction of sp³-hybridized carbons (Fsp3) is 0.727. The highest BCUT2D eigenvalue weighted by molar-refractivity contribution is 5.75. The van der Waals surface area contributed by atoms with Gasteiger partial charge in [0.05, 0.1) is 5.41 Å². The molecule has 0 aromatic carbocycles. The molecule has 1 aliphatic rings. The average Bonchev–Trinajstić information content (AvgIpc) is 2.77. The van der Waals surface area contributed by atoms with Crippen LogP contribution in [0.25, 0.3) is 0 Å². The summed E-state index contributed by atoms with van der Waals surface area (Å²) in [5.74, 6) is 0.0569. The predicted octanol–water partition coefficient (Wildman–Crippen LogP) is 0.295. The van der Waals surface area contributed by atoms with Crippen LogP contribution >= 0.6 is 0 Å². The molecular weight excluding hydrogens is 220 g/mol. The van der Waals surface area contributed by atoms with Crippen LogP contribution in [0.4, 0.5) is 0 Å². The van der Waals surface area contributed by atoms with Gasteiger partial charge in [-0.1, -0.05) is 0 Å². The van der Waals surface area contributed by atoms with Crippen molar-refractivity contribution in [3.8, 4) is 0 Å². The zero-order valence-electron chi connectivity index (χ0n) is 10.0. The molecule has 0 spiro atoms. The molecule has 0 atom stereocenters. The Bertz CT molecular complexity index is 396. The van der Waals surface area contributed by atoms with Crippen LogP contribution in [0.5, 0.6) is 0 Å². The van der Waals surface area contributed by atoms with Crippen molar-refractivity contribution in [1.82, 2.24) is 20.1 Å². The second-order valence-electron chi connectivity index (χ2n) is 4.50. The number of aromatic nitrogens is 3. The first kappa shape index (κ1) is 12.0. The van der Waals surface area contributed by atoms with Crippen LogP contribution in [0, 0.1) is 5.41 Å². The van der Waals surface area contributed by atoms with Crippen LogP contribution in [0.15, 0.2) is 6.33 Å². The van der Waals surface area contributed by atoms with Gasteiger partial charge < -0.3 is 10.4 Å². The Morgan fingerprint density at radius 3 is 2.88 bits per heavy atom. The van der Waals surface area contributed by atoms with Crippen molar-refractivity contribution in [2.45, 2.75) is 32.7 Å². The van der Waals surface area contributed by atoms with Crippen LogP contribution < -0.4 is 5.32 Å². The number of carbonyl (C=O) groups is 1. The lowest BCUT2D eigenvalue weighted by Crippen LogP contribution is -2.44. The summed E-state index contributed by atoms with van der Waals surface area (Å²) < 4.78 is 1.77. The molecule has 0 amide bonds. The summed E-state index contributed by atoms with van der Waals surface area (Å²) in [6.07, 6.45) is 3.27. The Morgan fingerprint density at radius 2 is 2.29 bits per heavy atom. The number of aryl methyl sites for hydroxylation is 1. The fourth-order valence-electron chi connectivity index (χ4n) is 2.36. The molecule has 1 aromatic rings. The van der Waals surface area contributed by atoms with Crippen LogP contribution in [-0.4, -0.2) is 38.9 Å². The molecule has 6 nitrogen and oxygen atoms in total. The topological polar surface area (TPSA) is 80.0 Å². The lowest BCUT2D eigenvalue weighted by molar-refractivity contribution is -0.150. The number of nitrogens with one attached hydrogen (secondary N) is 1. The van der Waals surface area contributed by atoms with Gasteiger partial charge in [0, 0.05) is 13.0 Å². The lowest BCUT2D eigenvalue weighted by Gasteiger charge is -2.33. The number of hydrogen-bond acceptors (Lipinski definition) is 4. The number of piperidine rings is 1. The molecule has 0 bridgehead atoms. The number of hydrogen-bond donors (Lipinski definition) is 2. The van der Waals surface area contributed by atoms with E-state index in [1.807, 2.05) is 6.92 Å². The highest BCUT2D eigenvalue weighted by atomic mass is 16.4. The van der Waals surface area contributed by atoms with Crippen LogP contribution in [-0.2, 0) is 17.8 Å². The third kappa shape index (κ3) is 2.31. The lowest BCUT2D eigenvalue weighted by atomic mass is 9.76. The highest BCUT2D eigenvalue weighted by Gasteiger charge is 2.40. The molecule has 2 rings (SSSR count). The fourth-order valence-corrected chi connectivity index (χ4v) is 2.36. The van der Waals surface area contributed by atoms with Gasteiger partial charge in [-0.2, -0.15) is 5.10 Å². The van der Waals surface area contributed by atoms with Gasteiger partial charge in [0.15, 0.2) is 0 Å². The van der Waals surface area contributed by atoms with Crippen molar-refractivity contribution in [2.75, 3.05) is 13.1 Å². The molecule has 17 heavy (non-hydrogen) atoms. The van der Waals surface area contributed by atoms with E-state index in [1.165, 1.54) is 6.33 Å². The number of carboxylic acid groups (broad SMARTS) is 1. The highest BCUT2D eigenvalue weighted by Crippen LogP contribution is 2.32. The third-order valence-corrected chi connectivity index (χ3v) is 3.51. The maximum atomic E-state index is 11.5. The molecule has 6 heteroatoms. The van der Waals surface area contributed by atoms with E-state index in [4.69, 9.17) is 0 Å². The number of rotatable bonds is 4. The van der Waals surface area contributed by atoms with Gasteiger partial charge in [0.2, 0.25) is 0 Å². The van der Waals surface area contributed by atoms with Crippen LogP contribution in [0.2, 0.25) is 0 Å². The maximum Gasteiger partial charge on any atom is 0.310 e. The van der Waals surface area contributed by atoms with Gasteiger partial charge >= 0.3 is 5.97 Å². The Balaban J connectivity index is 2.20. The third-order valence-electron chi connectivity index (χ3n) is 3.51. The Labute approximate surface area is 100 Å². The smallest absolute Gasteiger partial charge is 0.310 e. The predicted molar refractivity (Wildman–Crippen MR) is 61.6 cm³/mol. The molecule has 0 unspecified atom stereocenters. The summed E-state index contributed by atoms with van der Waals surface area (Å²) in [5, 5.41) is 16.7. The second kappa shape index (κ2) is 4.83. The maximum absolute atomic E-state index is 11.5. The van der Waals surface area contributed by atoms with Crippen molar-refractivity contribution in [3.63, 3.8) is 0 Å². The van der Waals surface area contributed by atoms with E-state index in [0.29, 0.717) is 19.3 Å². The zero-order valence-corrected chi connectivity index (χ0v) is 10.0. The molecule has 94 valence electrons. The van der Waals surface area contributed by atoms with Gasteiger partial charge in [-0.05, 0) is 32.9 Å². The first-order chi connectivity index (χ1) is 8.18. The molecule has 1 fully saturated rings. The van der Waals surface area contributed by atoms with E-state index in [9.17, 15) is 9.90 Å². The van der Waals surface area contributed by atoms with E-state index in [1.54, 1.807) is 4.68 Å². The molecule has 0 saturated carbocycles. The standard InChI is InChI=1S/C11H18N4O2/c1-2-15-9(13-8-14-15)7-11(10(16)17)3-5-12-6-4-11/h8,12H,2-7H2,1H3,(H,16,17). The van der Waals surface area contributed by atoms with Crippen molar-refractivity contribution in [3.05, 3.63) is 12.2 Å². The van der Waals surface area contributed by atoms with Crippen molar-refractivity contribution >= 4 is 5.97 Å². The van der Waals surface area contributed by atoms with Gasteiger partial charge in [-0.3, -0.25) is 9.48 Å². The van der Waals surface area contributed by atoms with Gasteiger partial charge in [0.1, 0.15) is 12.2 Å². The van der Waals surface area contributed by atoms with Crippen LogP contribution in [0.3, 0.4) is 0 Å². The molecule has 1 aliphatic heterocycles. The number of nitrogens with zero attached hydrogens (tertiary/aromatic N) is 3. The van der Waals surface area contributed by atoms with Crippen molar-refractivity contribution < 1.29 is 9.90 Å². The Morgan fingerprint density at radius 1 is 1.59 bits per heavy atom. The Hall–Kier alpha value is -1.43. The van der Waals surface area contributed by atoms with E-state index in [0.717, 1.165) is 25.5 Å². The van der Waals surface area contributed by atoms with E-state index >= 15 is 0 Å². The van der Waals surface area contributed by atoms with Crippen LogP contribution in [0.1, 0.15) is 25.6 Å². The first-order valence-electron chi connectivity index (χ1n) is 5.99.